The average Bonchev–Trinajstić information content (AvgIpc) is 2.53. The fourth-order valence-electron chi connectivity index (χ4n) is 0.921. The largest absolute Gasteiger partial charge is 0.326 e. The van der Waals surface area contributed by atoms with Gasteiger partial charge >= 0.3 is 0 Å². The van der Waals surface area contributed by atoms with Gasteiger partial charge in [0.25, 0.3) is 4.80 Å². The number of benzene rings is 1. The molecular weight excluding hydrogens is 300 g/mol. The SMILES string of the molecule is Brc1ccc(-c2noc(Br)n2)cc1. The van der Waals surface area contributed by atoms with Gasteiger partial charge in [-0.15, -0.1) is 0 Å². The van der Waals surface area contributed by atoms with Crippen LogP contribution in [0.1, 0.15) is 0 Å². The van der Waals surface area contributed by atoms with E-state index in [-0.39, 0.29) is 0 Å². The van der Waals surface area contributed by atoms with Gasteiger partial charge < -0.3 is 4.52 Å². The van der Waals surface area contributed by atoms with Crippen LogP contribution in [0.25, 0.3) is 11.4 Å². The molecule has 1 aromatic carbocycles. The lowest BCUT2D eigenvalue weighted by Gasteiger charge is -1.92. The molecule has 0 N–H and O–H groups in total. The molecule has 0 aliphatic heterocycles. The molecule has 13 heavy (non-hydrogen) atoms. The lowest BCUT2D eigenvalue weighted by Crippen LogP contribution is -1.78. The zero-order chi connectivity index (χ0) is 9.26. The second-order valence-electron chi connectivity index (χ2n) is 2.38. The van der Waals surface area contributed by atoms with E-state index in [1.807, 2.05) is 24.3 Å². The van der Waals surface area contributed by atoms with E-state index in [0.29, 0.717) is 10.6 Å². The first-order valence-corrected chi connectivity index (χ1v) is 5.09. The Labute approximate surface area is 91.4 Å². The zero-order valence-electron chi connectivity index (χ0n) is 6.37. The quantitative estimate of drug-likeness (QED) is 0.811. The van der Waals surface area contributed by atoms with Gasteiger partial charge in [0.1, 0.15) is 0 Å². The second-order valence-corrected chi connectivity index (χ2v) is 3.97. The van der Waals surface area contributed by atoms with Crippen molar-refractivity contribution in [2.45, 2.75) is 0 Å². The van der Waals surface area contributed by atoms with Gasteiger partial charge in [0.15, 0.2) is 0 Å². The van der Waals surface area contributed by atoms with E-state index in [4.69, 9.17) is 4.52 Å². The molecule has 0 atom stereocenters. The number of hydrogen-bond acceptors (Lipinski definition) is 3. The molecule has 0 aliphatic rings. The minimum Gasteiger partial charge on any atom is -0.326 e. The van der Waals surface area contributed by atoms with Gasteiger partial charge in [-0.05, 0) is 24.3 Å². The van der Waals surface area contributed by atoms with E-state index in [0.717, 1.165) is 10.0 Å². The number of hydrogen-bond donors (Lipinski definition) is 0. The van der Waals surface area contributed by atoms with Crippen molar-refractivity contribution >= 4 is 31.9 Å². The molecule has 2 rings (SSSR count). The predicted molar refractivity (Wildman–Crippen MR) is 55.1 cm³/mol. The summed E-state index contributed by atoms with van der Waals surface area (Å²) >= 11 is 6.44. The summed E-state index contributed by atoms with van der Waals surface area (Å²) in [5, 5.41) is 3.77. The topological polar surface area (TPSA) is 38.9 Å². The summed E-state index contributed by atoms with van der Waals surface area (Å²) in [5.41, 5.74) is 0.928. The molecule has 5 heteroatoms. The van der Waals surface area contributed by atoms with Crippen molar-refractivity contribution in [1.29, 1.82) is 0 Å². The molecular formula is C8H4Br2N2O. The third-order valence-electron chi connectivity index (χ3n) is 1.50. The Kier molecular flexibility index (Phi) is 2.46. The maximum Gasteiger partial charge on any atom is 0.294 e. The smallest absolute Gasteiger partial charge is 0.294 e. The predicted octanol–water partition coefficient (Wildman–Crippen LogP) is 3.26. The summed E-state index contributed by atoms with van der Waals surface area (Å²) in [4.78, 5) is 4.43. The van der Waals surface area contributed by atoms with E-state index in [1.165, 1.54) is 0 Å². The van der Waals surface area contributed by atoms with Crippen LogP contribution < -0.4 is 0 Å². The fourth-order valence-corrected chi connectivity index (χ4v) is 1.43. The zero-order valence-corrected chi connectivity index (χ0v) is 9.54. The molecule has 0 bridgehead atoms. The van der Waals surface area contributed by atoms with Crippen molar-refractivity contribution in [3.8, 4) is 11.4 Å². The Bertz CT molecular complexity index is 410. The first-order chi connectivity index (χ1) is 6.25. The van der Waals surface area contributed by atoms with Gasteiger partial charge in [0.2, 0.25) is 5.82 Å². The number of nitrogens with zero attached hydrogens (tertiary/aromatic N) is 2. The van der Waals surface area contributed by atoms with Crippen molar-refractivity contribution in [3.63, 3.8) is 0 Å². The van der Waals surface area contributed by atoms with Gasteiger partial charge in [-0.2, -0.15) is 4.98 Å². The van der Waals surface area contributed by atoms with Crippen LogP contribution in [0.3, 0.4) is 0 Å². The molecule has 0 saturated heterocycles. The summed E-state index contributed by atoms with van der Waals surface area (Å²) in [5.74, 6) is 0.583. The molecule has 2 aromatic rings. The molecule has 0 fully saturated rings. The molecule has 1 aromatic heterocycles. The van der Waals surface area contributed by atoms with Crippen molar-refractivity contribution in [2.75, 3.05) is 0 Å². The Morgan fingerprint density at radius 1 is 1.08 bits per heavy atom. The van der Waals surface area contributed by atoms with Gasteiger partial charge in [-0.1, -0.05) is 21.1 Å². The van der Waals surface area contributed by atoms with Crippen LogP contribution in [0, 0.1) is 0 Å². The minimum absolute atomic E-state index is 0.394. The molecule has 0 saturated carbocycles. The van der Waals surface area contributed by atoms with Crippen LogP contribution in [-0.4, -0.2) is 10.1 Å². The first-order valence-electron chi connectivity index (χ1n) is 3.51. The second kappa shape index (κ2) is 3.59. The number of rotatable bonds is 1. The molecule has 0 aliphatic carbocycles. The normalized spacial score (nSPS) is 10.3. The average molecular weight is 304 g/mol. The van der Waals surface area contributed by atoms with Gasteiger partial charge in [0, 0.05) is 26.0 Å². The van der Waals surface area contributed by atoms with Crippen LogP contribution in [0.2, 0.25) is 0 Å². The van der Waals surface area contributed by atoms with Gasteiger partial charge in [-0.3, -0.25) is 0 Å². The van der Waals surface area contributed by atoms with Crippen LogP contribution >= 0.6 is 31.9 Å². The van der Waals surface area contributed by atoms with E-state index in [2.05, 4.69) is 42.0 Å². The molecule has 0 spiro atoms. The summed E-state index contributed by atoms with van der Waals surface area (Å²) < 4.78 is 5.82. The summed E-state index contributed by atoms with van der Waals surface area (Å²) in [7, 11) is 0. The van der Waals surface area contributed by atoms with Crippen LogP contribution in [0.5, 0.6) is 0 Å². The standard InChI is InChI=1S/C8H4Br2N2O/c9-6-3-1-5(2-4-6)7-11-8(10)13-12-7/h1-4H. The fraction of sp³-hybridized carbons (Fsp3) is 0. The van der Waals surface area contributed by atoms with E-state index in [1.54, 1.807) is 0 Å². The monoisotopic (exact) mass is 302 g/mol. The lowest BCUT2D eigenvalue weighted by molar-refractivity contribution is 0.397. The highest BCUT2D eigenvalue weighted by molar-refractivity contribution is 9.10. The van der Waals surface area contributed by atoms with Crippen LogP contribution in [0.4, 0.5) is 0 Å². The molecule has 1 heterocycles. The van der Waals surface area contributed by atoms with Crippen molar-refractivity contribution in [2.24, 2.45) is 0 Å². The third-order valence-corrected chi connectivity index (χ3v) is 2.35. The minimum atomic E-state index is 0.394. The molecule has 0 radical (unpaired) electrons. The first kappa shape index (κ1) is 8.90. The molecule has 3 nitrogen and oxygen atoms in total. The number of halogens is 2. The Balaban J connectivity index is 2.41. The van der Waals surface area contributed by atoms with Crippen molar-refractivity contribution in [3.05, 3.63) is 33.5 Å². The Morgan fingerprint density at radius 2 is 1.77 bits per heavy atom. The molecule has 0 unspecified atom stereocenters. The van der Waals surface area contributed by atoms with Gasteiger partial charge in [-0.25, -0.2) is 0 Å². The van der Waals surface area contributed by atoms with E-state index in [9.17, 15) is 0 Å². The third kappa shape index (κ3) is 1.97. The highest BCUT2D eigenvalue weighted by Gasteiger charge is 2.04. The van der Waals surface area contributed by atoms with Crippen LogP contribution in [0.15, 0.2) is 38.1 Å². The Hall–Kier alpha value is -0.680. The summed E-state index contributed by atoms with van der Waals surface area (Å²) in [6.45, 7) is 0. The highest BCUT2D eigenvalue weighted by Crippen LogP contribution is 2.20. The maximum atomic E-state index is 4.79. The lowest BCUT2D eigenvalue weighted by atomic mass is 10.2. The molecule has 66 valence electrons. The van der Waals surface area contributed by atoms with Gasteiger partial charge in [0.05, 0.1) is 0 Å². The van der Waals surface area contributed by atoms with E-state index >= 15 is 0 Å². The van der Waals surface area contributed by atoms with Crippen molar-refractivity contribution in [1.82, 2.24) is 10.1 Å². The highest BCUT2D eigenvalue weighted by atomic mass is 79.9. The molecule has 0 amide bonds. The van der Waals surface area contributed by atoms with Crippen molar-refractivity contribution < 1.29 is 4.52 Å². The van der Waals surface area contributed by atoms with E-state index < -0.39 is 0 Å². The summed E-state index contributed by atoms with van der Waals surface area (Å²) in [6, 6.07) is 7.70. The Morgan fingerprint density at radius 3 is 2.31 bits per heavy atom. The number of aromatic nitrogens is 2. The van der Waals surface area contributed by atoms with Crippen LogP contribution in [-0.2, 0) is 0 Å². The maximum absolute atomic E-state index is 4.79. The summed E-state index contributed by atoms with van der Waals surface area (Å²) in [6.07, 6.45) is 0.